The average molecular weight is 369 g/mol. The number of rotatable bonds is 3. The summed E-state index contributed by atoms with van der Waals surface area (Å²) >= 11 is 11.0. The fourth-order valence-electron chi connectivity index (χ4n) is 2.25. The molecule has 0 radical (unpaired) electrons. The number of thioether (sulfide) groups is 1. The van der Waals surface area contributed by atoms with Gasteiger partial charge in [0.15, 0.2) is 0 Å². The molecule has 2 unspecified atom stereocenters. The smallest absolute Gasteiger partial charge is 0.147 e. The van der Waals surface area contributed by atoms with Crippen LogP contribution in [0.2, 0.25) is 5.02 Å². The summed E-state index contributed by atoms with van der Waals surface area (Å²) in [5.41, 5.74) is 3.25. The highest BCUT2D eigenvalue weighted by Crippen LogP contribution is 2.33. The van der Waals surface area contributed by atoms with E-state index in [1.807, 2.05) is 18.8 Å². The molecule has 2 atom stereocenters. The van der Waals surface area contributed by atoms with E-state index >= 15 is 0 Å². The molecule has 2 rings (SSSR count). The van der Waals surface area contributed by atoms with Gasteiger partial charge in [0.1, 0.15) is 5.82 Å². The average Bonchev–Trinajstić information content (AvgIpc) is 2.41. The second-order valence-corrected chi connectivity index (χ2v) is 6.91. The van der Waals surface area contributed by atoms with Crippen molar-refractivity contribution >= 4 is 39.3 Å². The van der Waals surface area contributed by atoms with E-state index in [1.165, 1.54) is 0 Å². The number of nitrogens with two attached hydrogens (primary N) is 1. The van der Waals surface area contributed by atoms with Crippen LogP contribution in [0.25, 0.3) is 0 Å². The van der Waals surface area contributed by atoms with Crippen molar-refractivity contribution in [2.24, 2.45) is 5.84 Å². The molecule has 1 aromatic carbocycles. The van der Waals surface area contributed by atoms with Crippen molar-refractivity contribution in [1.29, 1.82) is 0 Å². The van der Waals surface area contributed by atoms with Gasteiger partial charge in [-0.1, -0.05) is 17.7 Å². The molecule has 1 heterocycles. The van der Waals surface area contributed by atoms with Gasteiger partial charge in [-0.15, -0.1) is 0 Å². The third-order valence-electron chi connectivity index (χ3n) is 3.41. The number of hydrogen-bond acceptors (Lipinski definition) is 4. The molecule has 19 heavy (non-hydrogen) atoms. The number of likely N-dealkylation sites (N-methyl/N-ethyl adjacent to an activating group) is 1. The maximum Gasteiger partial charge on any atom is 0.147 e. The Morgan fingerprint density at radius 3 is 3.00 bits per heavy atom. The largest absolute Gasteiger partial charge is 0.300 e. The summed E-state index contributed by atoms with van der Waals surface area (Å²) in [5, 5.41) is 0.101. The molecular weight excluding hydrogens is 353 g/mol. The Kier molecular flexibility index (Phi) is 5.51. The number of benzene rings is 1. The lowest BCUT2D eigenvalue weighted by atomic mass is 9.99. The van der Waals surface area contributed by atoms with Crippen LogP contribution in [0, 0.1) is 5.82 Å². The van der Waals surface area contributed by atoms with Crippen molar-refractivity contribution in [3.8, 4) is 0 Å². The summed E-state index contributed by atoms with van der Waals surface area (Å²) in [6.07, 6.45) is 0. The zero-order valence-electron chi connectivity index (χ0n) is 10.5. The zero-order valence-corrected chi connectivity index (χ0v) is 13.7. The molecule has 1 aliphatic rings. The first kappa shape index (κ1) is 15.5. The Labute approximate surface area is 130 Å². The van der Waals surface area contributed by atoms with Gasteiger partial charge in [0, 0.05) is 34.1 Å². The molecule has 0 aromatic heterocycles. The third kappa shape index (κ3) is 3.25. The van der Waals surface area contributed by atoms with E-state index in [0.717, 1.165) is 18.1 Å². The van der Waals surface area contributed by atoms with E-state index in [1.54, 1.807) is 12.1 Å². The van der Waals surface area contributed by atoms with E-state index in [2.05, 4.69) is 26.3 Å². The van der Waals surface area contributed by atoms with Crippen LogP contribution in [-0.4, -0.2) is 36.0 Å². The summed E-state index contributed by atoms with van der Waals surface area (Å²) in [5.74, 6) is 7.24. The topological polar surface area (TPSA) is 41.3 Å². The quantitative estimate of drug-likeness (QED) is 0.489. The zero-order chi connectivity index (χ0) is 14.0. The Morgan fingerprint density at radius 2 is 2.37 bits per heavy atom. The molecule has 1 aromatic rings. The first-order valence-electron chi connectivity index (χ1n) is 5.93. The van der Waals surface area contributed by atoms with E-state index in [0.29, 0.717) is 10.0 Å². The maximum absolute atomic E-state index is 14.3. The minimum atomic E-state index is -0.414. The number of hydrazine groups is 1. The van der Waals surface area contributed by atoms with E-state index in [4.69, 9.17) is 17.4 Å². The van der Waals surface area contributed by atoms with Gasteiger partial charge < -0.3 is 0 Å². The Morgan fingerprint density at radius 1 is 1.63 bits per heavy atom. The molecule has 0 aliphatic carbocycles. The lowest BCUT2D eigenvalue weighted by Gasteiger charge is -2.37. The van der Waals surface area contributed by atoms with Crippen molar-refractivity contribution in [2.75, 3.05) is 25.1 Å². The van der Waals surface area contributed by atoms with E-state index < -0.39 is 5.82 Å². The Bertz CT molecular complexity index is 463. The molecule has 7 heteroatoms. The van der Waals surface area contributed by atoms with Crippen LogP contribution in [0.1, 0.15) is 11.6 Å². The van der Waals surface area contributed by atoms with Crippen molar-refractivity contribution < 1.29 is 4.39 Å². The second kappa shape index (κ2) is 6.74. The van der Waals surface area contributed by atoms with Crippen LogP contribution >= 0.6 is 39.3 Å². The molecule has 0 saturated carbocycles. The molecular formula is C12H16BrClFN3S. The van der Waals surface area contributed by atoms with Crippen molar-refractivity contribution in [1.82, 2.24) is 10.3 Å². The predicted molar refractivity (Wildman–Crippen MR) is 82.9 cm³/mol. The van der Waals surface area contributed by atoms with Gasteiger partial charge in [0.25, 0.3) is 0 Å². The van der Waals surface area contributed by atoms with Crippen molar-refractivity contribution in [3.05, 3.63) is 33.0 Å². The second-order valence-electron chi connectivity index (χ2n) is 4.53. The summed E-state index contributed by atoms with van der Waals surface area (Å²) in [4.78, 5) is 2.20. The Hall–Kier alpha value is 0.150. The molecule has 3 N–H and O–H groups in total. The predicted octanol–water partition coefficient (Wildman–Crippen LogP) is 2.79. The van der Waals surface area contributed by atoms with E-state index in [9.17, 15) is 4.39 Å². The van der Waals surface area contributed by atoms with Gasteiger partial charge in [0.05, 0.1) is 11.1 Å². The van der Waals surface area contributed by atoms with Gasteiger partial charge in [-0.05, 0) is 29.0 Å². The minimum absolute atomic E-state index is 0.101. The van der Waals surface area contributed by atoms with Crippen LogP contribution in [0.15, 0.2) is 16.6 Å². The SMILES string of the molecule is CN1CCSCC1C(NN)c1ccc(Br)c(Cl)c1F. The van der Waals surface area contributed by atoms with Gasteiger partial charge >= 0.3 is 0 Å². The minimum Gasteiger partial charge on any atom is -0.300 e. The monoisotopic (exact) mass is 367 g/mol. The van der Waals surface area contributed by atoms with E-state index in [-0.39, 0.29) is 17.1 Å². The molecule has 0 bridgehead atoms. The number of halogens is 3. The molecule has 106 valence electrons. The van der Waals surface area contributed by atoms with Gasteiger partial charge in [-0.3, -0.25) is 16.2 Å². The van der Waals surface area contributed by atoms with Crippen molar-refractivity contribution in [3.63, 3.8) is 0 Å². The van der Waals surface area contributed by atoms with Crippen LogP contribution in [0.4, 0.5) is 4.39 Å². The third-order valence-corrected chi connectivity index (χ3v) is 5.71. The van der Waals surface area contributed by atoms with Gasteiger partial charge in [-0.2, -0.15) is 11.8 Å². The first-order chi connectivity index (χ1) is 9.06. The summed E-state index contributed by atoms with van der Waals surface area (Å²) in [7, 11) is 2.03. The molecule has 3 nitrogen and oxygen atoms in total. The highest BCUT2D eigenvalue weighted by atomic mass is 79.9. The highest BCUT2D eigenvalue weighted by Gasteiger charge is 2.31. The van der Waals surface area contributed by atoms with Crippen LogP contribution in [0.3, 0.4) is 0 Å². The van der Waals surface area contributed by atoms with Crippen LogP contribution in [0.5, 0.6) is 0 Å². The molecule has 1 saturated heterocycles. The standard InChI is InChI=1S/C12H16BrClFN3S/c1-18-4-5-19-6-9(18)12(17-16)7-2-3-8(13)10(14)11(7)15/h2-3,9,12,17H,4-6,16H2,1H3. The maximum atomic E-state index is 14.3. The summed E-state index contributed by atoms with van der Waals surface area (Å²) < 4.78 is 14.9. The number of hydrogen-bond donors (Lipinski definition) is 2. The lowest BCUT2D eigenvalue weighted by molar-refractivity contribution is 0.214. The van der Waals surface area contributed by atoms with Crippen LogP contribution in [-0.2, 0) is 0 Å². The fourth-order valence-corrected chi connectivity index (χ4v) is 4.00. The molecule has 0 amide bonds. The molecule has 0 spiro atoms. The summed E-state index contributed by atoms with van der Waals surface area (Å²) in [6, 6.07) is 3.35. The normalized spacial score (nSPS) is 22.5. The van der Waals surface area contributed by atoms with Crippen LogP contribution < -0.4 is 11.3 Å². The summed E-state index contributed by atoms with van der Waals surface area (Å²) in [6.45, 7) is 0.972. The van der Waals surface area contributed by atoms with Gasteiger partial charge in [0.2, 0.25) is 0 Å². The Balaban J connectivity index is 2.34. The molecule has 1 fully saturated rings. The number of nitrogens with one attached hydrogen (secondary N) is 1. The first-order valence-corrected chi connectivity index (χ1v) is 8.26. The fraction of sp³-hybridized carbons (Fsp3) is 0.500. The van der Waals surface area contributed by atoms with Crippen molar-refractivity contribution in [2.45, 2.75) is 12.1 Å². The molecule has 1 aliphatic heterocycles. The highest BCUT2D eigenvalue weighted by molar-refractivity contribution is 9.10. The van der Waals surface area contributed by atoms with Gasteiger partial charge in [-0.25, -0.2) is 4.39 Å². The lowest BCUT2D eigenvalue weighted by Crippen LogP contribution is -2.49. The number of nitrogens with zero attached hydrogens (tertiary/aromatic N) is 1.